The number of aryl methyl sites for hydroxylation is 1. The number of hydrogen-bond acceptors (Lipinski definition) is 8. The summed E-state index contributed by atoms with van der Waals surface area (Å²) < 4.78 is 35.9. The fraction of sp³-hybridized carbons (Fsp3) is 0.154. The van der Waals surface area contributed by atoms with Crippen LogP contribution in [0.1, 0.15) is 18.1 Å². The van der Waals surface area contributed by atoms with Crippen molar-refractivity contribution in [2.75, 3.05) is 18.2 Å². The van der Waals surface area contributed by atoms with Crippen LogP contribution in [0, 0.1) is 11.6 Å². The Kier molecular flexibility index (Phi) is 5.93. The van der Waals surface area contributed by atoms with Gasteiger partial charge in [0.25, 0.3) is 0 Å². The van der Waals surface area contributed by atoms with Crippen molar-refractivity contribution in [2.45, 2.75) is 19.9 Å². The lowest BCUT2D eigenvalue weighted by Crippen LogP contribution is -2.08. The molecule has 36 heavy (non-hydrogen) atoms. The Morgan fingerprint density at radius 1 is 1.11 bits per heavy atom. The fourth-order valence-corrected chi connectivity index (χ4v) is 4.26. The molecule has 3 heterocycles. The molecule has 0 spiro atoms. The SMILES string of the molecule is CCc1c(F)ccc2cc(O)cc(-c3ncc4c(NCc5cccnc5N)nc(OC)nc4c3F)c12. The van der Waals surface area contributed by atoms with E-state index in [1.807, 2.05) is 13.0 Å². The maximum Gasteiger partial charge on any atom is 0.318 e. The number of ether oxygens (including phenoxy) is 1. The van der Waals surface area contributed by atoms with Gasteiger partial charge in [-0.25, -0.2) is 13.8 Å². The van der Waals surface area contributed by atoms with Crippen molar-refractivity contribution in [3.63, 3.8) is 0 Å². The van der Waals surface area contributed by atoms with Crippen LogP contribution in [0.3, 0.4) is 0 Å². The lowest BCUT2D eigenvalue weighted by atomic mass is 9.94. The first-order valence-corrected chi connectivity index (χ1v) is 11.2. The Morgan fingerprint density at radius 3 is 2.69 bits per heavy atom. The van der Waals surface area contributed by atoms with E-state index >= 15 is 4.39 Å². The van der Waals surface area contributed by atoms with Crippen molar-refractivity contribution in [1.82, 2.24) is 19.9 Å². The van der Waals surface area contributed by atoms with E-state index in [0.717, 1.165) is 5.56 Å². The number of nitrogen functional groups attached to an aromatic ring is 1. The van der Waals surface area contributed by atoms with Gasteiger partial charge in [0.1, 0.15) is 34.4 Å². The van der Waals surface area contributed by atoms with Crippen LogP contribution in [-0.2, 0) is 13.0 Å². The van der Waals surface area contributed by atoms with Gasteiger partial charge in [0.15, 0.2) is 5.82 Å². The molecule has 0 aliphatic carbocycles. The number of fused-ring (bicyclic) bond motifs is 2. The number of phenols is 1. The summed E-state index contributed by atoms with van der Waals surface area (Å²) in [5, 5.41) is 14.8. The van der Waals surface area contributed by atoms with Gasteiger partial charge in [-0.3, -0.25) is 4.98 Å². The molecule has 0 atom stereocenters. The molecule has 0 fully saturated rings. The van der Waals surface area contributed by atoms with Gasteiger partial charge in [0.05, 0.1) is 12.5 Å². The van der Waals surface area contributed by atoms with E-state index in [1.165, 1.54) is 31.5 Å². The van der Waals surface area contributed by atoms with Crippen LogP contribution in [0.2, 0.25) is 0 Å². The molecule has 0 unspecified atom stereocenters. The van der Waals surface area contributed by atoms with Gasteiger partial charge in [0, 0.05) is 30.1 Å². The van der Waals surface area contributed by atoms with Crippen molar-refractivity contribution in [2.24, 2.45) is 0 Å². The van der Waals surface area contributed by atoms with E-state index in [0.29, 0.717) is 39.8 Å². The quantitative estimate of drug-likeness (QED) is 0.306. The topological polar surface area (TPSA) is 119 Å². The molecule has 0 aliphatic heterocycles. The molecule has 182 valence electrons. The van der Waals surface area contributed by atoms with Crippen LogP contribution < -0.4 is 15.8 Å². The number of nitrogens with one attached hydrogen (secondary N) is 1. The number of aromatic hydroxyl groups is 1. The minimum Gasteiger partial charge on any atom is -0.508 e. The van der Waals surface area contributed by atoms with Crippen molar-refractivity contribution >= 4 is 33.3 Å². The zero-order valence-corrected chi connectivity index (χ0v) is 19.5. The minimum absolute atomic E-state index is 0.0422. The predicted octanol–water partition coefficient (Wildman–Crippen LogP) is 4.99. The fourth-order valence-electron chi connectivity index (χ4n) is 4.26. The third-order valence-corrected chi connectivity index (χ3v) is 5.98. The summed E-state index contributed by atoms with van der Waals surface area (Å²) in [5.74, 6) is -0.612. The van der Waals surface area contributed by atoms with Gasteiger partial charge in [-0.05, 0) is 47.0 Å². The summed E-state index contributed by atoms with van der Waals surface area (Å²) in [6.07, 6.45) is 3.39. The second kappa shape index (κ2) is 9.21. The van der Waals surface area contributed by atoms with Crippen LogP contribution >= 0.6 is 0 Å². The van der Waals surface area contributed by atoms with Crippen molar-refractivity contribution in [1.29, 1.82) is 0 Å². The number of halogens is 2. The van der Waals surface area contributed by atoms with Gasteiger partial charge in [-0.2, -0.15) is 9.97 Å². The molecule has 4 N–H and O–H groups in total. The van der Waals surface area contributed by atoms with E-state index in [1.54, 1.807) is 18.3 Å². The predicted molar refractivity (Wildman–Crippen MR) is 134 cm³/mol. The number of hydrogen-bond donors (Lipinski definition) is 3. The number of phenolic OH excluding ortho intramolecular Hbond substituents is 1. The summed E-state index contributed by atoms with van der Waals surface area (Å²) >= 11 is 0. The van der Waals surface area contributed by atoms with E-state index in [9.17, 15) is 9.50 Å². The highest BCUT2D eigenvalue weighted by molar-refractivity contribution is 6.01. The number of aromatic nitrogens is 4. The maximum absolute atomic E-state index is 16.0. The van der Waals surface area contributed by atoms with Gasteiger partial charge in [0.2, 0.25) is 0 Å². The highest BCUT2D eigenvalue weighted by Crippen LogP contribution is 2.38. The molecule has 0 amide bonds. The number of anilines is 2. The Hall–Kier alpha value is -4.60. The Labute approximate surface area is 204 Å². The van der Waals surface area contributed by atoms with Gasteiger partial charge < -0.3 is 20.9 Å². The molecule has 2 aromatic carbocycles. The van der Waals surface area contributed by atoms with E-state index in [-0.39, 0.29) is 35.1 Å². The monoisotopic (exact) mass is 488 g/mol. The molecule has 0 radical (unpaired) electrons. The molecule has 10 heteroatoms. The van der Waals surface area contributed by atoms with Crippen LogP contribution in [0.5, 0.6) is 11.8 Å². The van der Waals surface area contributed by atoms with Crippen LogP contribution in [-0.4, -0.2) is 32.2 Å². The summed E-state index contributed by atoms with van der Waals surface area (Å²) in [5.41, 5.74) is 7.20. The highest BCUT2D eigenvalue weighted by Gasteiger charge is 2.21. The second-order valence-electron chi connectivity index (χ2n) is 8.11. The lowest BCUT2D eigenvalue weighted by Gasteiger charge is -2.15. The van der Waals surface area contributed by atoms with E-state index in [4.69, 9.17) is 10.5 Å². The molecular formula is C26H22F2N6O2. The molecule has 0 bridgehead atoms. The second-order valence-corrected chi connectivity index (χ2v) is 8.11. The highest BCUT2D eigenvalue weighted by atomic mass is 19.1. The Balaban J connectivity index is 1.70. The number of benzene rings is 2. The molecule has 8 nitrogen and oxygen atoms in total. The first kappa shape index (κ1) is 23.2. The van der Waals surface area contributed by atoms with Crippen molar-refractivity contribution < 1.29 is 18.6 Å². The van der Waals surface area contributed by atoms with E-state index in [2.05, 4.69) is 25.3 Å². The number of nitrogens with two attached hydrogens (primary N) is 1. The third-order valence-electron chi connectivity index (χ3n) is 5.98. The first-order valence-electron chi connectivity index (χ1n) is 11.2. The smallest absolute Gasteiger partial charge is 0.318 e. The summed E-state index contributed by atoms with van der Waals surface area (Å²) in [4.78, 5) is 16.9. The van der Waals surface area contributed by atoms with Crippen molar-refractivity contribution in [3.05, 3.63) is 71.6 Å². The molecule has 5 aromatic rings. The Bertz CT molecular complexity index is 1630. The maximum atomic E-state index is 16.0. The minimum atomic E-state index is -0.754. The lowest BCUT2D eigenvalue weighted by molar-refractivity contribution is 0.382. The molecule has 0 saturated carbocycles. The summed E-state index contributed by atoms with van der Waals surface area (Å²) in [7, 11) is 1.38. The largest absolute Gasteiger partial charge is 0.508 e. The third kappa shape index (κ3) is 3.96. The van der Waals surface area contributed by atoms with Gasteiger partial charge >= 0.3 is 6.01 Å². The normalized spacial score (nSPS) is 11.2. The van der Waals surface area contributed by atoms with E-state index < -0.39 is 11.6 Å². The molecular weight excluding hydrogens is 466 g/mol. The zero-order valence-electron chi connectivity index (χ0n) is 19.5. The number of nitrogens with zero attached hydrogens (tertiary/aromatic N) is 4. The number of pyridine rings is 2. The molecule has 0 saturated heterocycles. The van der Waals surface area contributed by atoms with Crippen molar-refractivity contribution in [3.8, 4) is 23.0 Å². The molecule has 5 rings (SSSR count). The summed E-state index contributed by atoms with van der Waals surface area (Å²) in [6.45, 7) is 2.08. The molecule has 0 aliphatic rings. The van der Waals surface area contributed by atoms with Crippen LogP contribution in [0.15, 0.2) is 48.8 Å². The number of methoxy groups -OCH3 is 1. The van der Waals surface area contributed by atoms with Crippen LogP contribution in [0.25, 0.3) is 32.9 Å². The average molecular weight is 488 g/mol. The standard InChI is InChI=1S/C26H22F2N6O2/c1-3-16-19(27)7-6-13-9-15(35)10-17(20(13)16)22-21(28)23-18(12-31-22)25(34-26(33-23)36-2)32-11-14-5-4-8-30-24(14)29/h4-10,12,35H,3,11H2,1-2H3,(H2,29,30)(H,32,33,34). The van der Waals surface area contributed by atoms with Gasteiger partial charge in [-0.1, -0.05) is 19.1 Å². The zero-order chi connectivity index (χ0) is 25.4. The Morgan fingerprint density at radius 2 is 1.94 bits per heavy atom. The number of rotatable bonds is 6. The first-order chi connectivity index (χ1) is 17.4. The summed E-state index contributed by atoms with van der Waals surface area (Å²) in [6, 6.07) is 9.27. The average Bonchev–Trinajstić information content (AvgIpc) is 2.88. The van der Waals surface area contributed by atoms with Crippen LogP contribution in [0.4, 0.5) is 20.4 Å². The molecule has 3 aromatic heterocycles. The van der Waals surface area contributed by atoms with Gasteiger partial charge in [-0.15, -0.1) is 0 Å².